The lowest BCUT2D eigenvalue weighted by atomic mass is 10.0. The summed E-state index contributed by atoms with van der Waals surface area (Å²) in [6.07, 6.45) is 0. The van der Waals surface area contributed by atoms with Gasteiger partial charge in [-0.05, 0) is 0 Å². The summed E-state index contributed by atoms with van der Waals surface area (Å²) in [5.74, 6) is -2.98. The van der Waals surface area contributed by atoms with Gasteiger partial charge < -0.3 is 25.7 Å². The van der Waals surface area contributed by atoms with Gasteiger partial charge in [-0.3, -0.25) is 19.3 Å². The van der Waals surface area contributed by atoms with Crippen molar-refractivity contribution in [2.24, 2.45) is 5.16 Å². The highest BCUT2D eigenvalue weighted by Crippen LogP contribution is 2.40. The maximum atomic E-state index is 12.7. The number of nitrogens with two attached hydrogens (primary N) is 1. The fourth-order valence-electron chi connectivity index (χ4n) is 2.88. The smallest absolute Gasteiger partial charge is 0.352 e. The number of thiazole rings is 1. The number of nitrogens with zero attached hydrogens (tertiary/aromatic N) is 3. The van der Waals surface area contributed by atoms with Crippen molar-refractivity contribution < 1.29 is 33.9 Å². The van der Waals surface area contributed by atoms with Crippen molar-refractivity contribution in [1.82, 2.24) is 15.2 Å². The van der Waals surface area contributed by atoms with Gasteiger partial charge in [-0.2, -0.15) is 0 Å². The number of oxime groups is 1. The lowest BCUT2D eigenvalue weighted by Crippen LogP contribution is -2.71. The summed E-state index contributed by atoms with van der Waals surface area (Å²) in [5, 5.41) is 16.9. The fraction of sp³-hybridized carbons (Fsp3) is 0.375. The number of carbonyl (C=O) groups is 4. The Balaban J connectivity index is 1.77. The number of aromatic nitrogens is 1. The molecule has 1 aromatic rings. The first-order valence-electron chi connectivity index (χ1n) is 8.41. The summed E-state index contributed by atoms with van der Waals surface area (Å²) in [6, 6.07) is -0.967. The van der Waals surface area contributed by atoms with Gasteiger partial charge in [-0.25, -0.2) is 9.78 Å². The Hall–Kier alpha value is -3.13. The van der Waals surface area contributed by atoms with Crippen LogP contribution >= 0.6 is 23.1 Å². The molecule has 0 aliphatic carbocycles. The molecule has 1 saturated heterocycles. The van der Waals surface area contributed by atoms with Crippen molar-refractivity contribution in [1.29, 1.82) is 0 Å². The predicted molar refractivity (Wildman–Crippen MR) is 106 cm³/mol. The third-order valence-electron chi connectivity index (χ3n) is 4.15. The van der Waals surface area contributed by atoms with E-state index < -0.39 is 35.2 Å². The molecule has 0 radical (unpaired) electrons. The van der Waals surface area contributed by atoms with E-state index in [2.05, 4.69) is 20.3 Å². The van der Waals surface area contributed by atoms with Crippen LogP contribution < -0.4 is 11.1 Å². The number of carboxylic acid groups (broad SMARTS) is 1. The standard InChI is InChI=1S/C16H17N5O7S2/c1-6(22)28-3-7-4-29-14-10(13(24)21(14)11(7)15(25)26)19-12(23)9(20-27-2)8-5-30-16(17)18-8/h5,10,14H,3-4H2,1-2H3,(H2,17,18)(H,19,23)(H,25,26)/t10-,14?/m0/s1. The van der Waals surface area contributed by atoms with E-state index in [1.165, 1.54) is 31.2 Å². The molecule has 0 spiro atoms. The molecule has 2 aliphatic rings. The van der Waals surface area contributed by atoms with Crippen LogP contribution in [-0.4, -0.2) is 75.3 Å². The molecular formula is C16H17N5O7S2. The summed E-state index contributed by atoms with van der Waals surface area (Å²) >= 11 is 2.35. The molecule has 3 rings (SSSR count). The lowest BCUT2D eigenvalue weighted by molar-refractivity contribution is -0.150. The number of esters is 1. The molecule has 30 heavy (non-hydrogen) atoms. The van der Waals surface area contributed by atoms with Crippen molar-refractivity contribution in [2.45, 2.75) is 18.3 Å². The van der Waals surface area contributed by atoms with Crippen LogP contribution in [0.2, 0.25) is 0 Å². The topological polar surface area (TPSA) is 174 Å². The number of β-lactam (4-membered cyclic amide) rings is 1. The zero-order chi connectivity index (χ0) is 22.0. The number of carboxylic acids is 1. The van der Waals surface area contributed by atoms with E-state index in [9.17, 15) is 24.3 Å². The Morgan fingerprint density at radius 1 is 1.47 bits per heavy atom. The normalized spacial score (nSPS) is 20.9. The van der Waals surface area contributed by atoms with E-state index in [0.29, 0.717) is 5.57 Å². The average Bonchev–Trinajstić information content (AvgIpc) is 3.13. The largest absolute Gasteiger partial charge is 0.477 e. The number of hydrogen-bond acceptors (Lipinski definition) is 11. The predicted octanol–water partition coefficient (Wildman–Crippen LogP) is -0.622. The monoisotopic (exact) mass is 455 g/mol. The Labute approximate surface area is 178 Å². The zero-order valence-corrected chi connectivity index (χ0v) is 17.4. The van der Waals surface area contributed by atoms with E-state index in [1.807, 2.05) is 0 Å². The van der Waals surface area contributed by atoms with Crippen LogP contribution in [0.15, 0.2) is 21.8 Å². The summed E-state index contributed by atoms with van der Waals surface area (Å²) in [7, 11) is 1.25. The van der Waals surface area contributed by atoms with E-state index in [-0.39, 0.29) is 34.6 Å². The van der Waals surface area contributed by atoms with Gasteiger partial charge in [0.25, 0.3) is 11.8 Å². The molecule has 1 aromatic heterocycles. The second-order valence-electron chi connectivity index (χ2n) is 6.09. The van der Waals surface area contributed by atoms with Crippen LogP contribution in [0.25, 0.3) is 0 Å². The Bertz CT molecular complexity index is 973. The van der Waals surface area contributed by atoms with Crippen molar-refractivity contribution in [3.63, 3.8) is 0 Å². The number of nitrogens with one attached hydrogen (secondary N) is 1. The highest BCUT2D eigenvalue weighted by Gasteiger charge is 2.54. The summed E-state index contributed by atoms with van der Waals surface area (Å²) < 4.78 is 4.88. The molecular weight excluding hydrogens is 438 g/mol. The first-order chi connectivity index (χ1) is 14.2. The number of ether oxygens (including phenoxy) is 1. The van der Waals surface area contributed by atoms with Gasteiger partial charge >= 0.3 is 11.9 Å². The first kappa shape index (κ1) is 21.6. The Morgan fingerprint density at radius 3 is 2.77 bits per heavy atom. The van der Waals surface area contributed by atoms with Crippen LogP contribution in [-0.2, 0) is 28.8 Å². The molecule has 4 N–H and O–H groups in total. The first-order valence-corrected chi connectivity index (χ1v) is 10.3. The number of fused-ring (bicyclic) bond motifs is 1. The van der Waals surface area contributed by atoms with Crippen LogP contribution in [0.5, 0.6) is 0 Å². The number of rotatable bonds is 7. The van der Waals surface area contributed by atoms with Gasteiger partial charge in [-0.1, -0.05) is 5.16 Å². The molecule has 1 unspecified atom stereocenters. The average molecular weight is 455 g/mol. The van der Waals surface area contributed by atoms with Gasteiger partial charge in [0.2, 0.25) is 0 Å². The number of anilines is 1. The molecule has 0 saturated carbocycles. The van der Waals surface area contributed by atoms with E-state index in [4.69, 9.17) is 10.5 Å². The number of thioether (sulfide) groups is 1. The van der Waals surface area contributed by atoms with E-state index in [1.54, 1.807) is 0 Å². The molecule has 0 bridgehead atoms. The van der Waals surface area contributed by atoms with Crippen molar-refractivity contribution in [3.8, 4) is 0 Å². The van der Waals surface area contributed by atoms with Gasteiger partial charge in [-0.15, -0.1) is 23.1 Å². The Kier molecular flexibility index (Phi) is 6.26. The number of nitrogen functional groups attached to an aromatic ring is 1. The van der Waals surface area contributed by atoms with Crippen molar-refractivity contribution in [3.05, 3.63) is 22.3 Å². The molecule has 14 heteroatoms. The summed E-state index contributed by atoms with van der Waals surface area (Å²) in [6.45, 7) is 0.975. The molecule has 0 aromatic carbocycles. The minimum absolute atomic E-state index is 0.165. The number of carbonyl (C=O) groups excluding carboxylic acids is 3. The van der Waals surface area contributed by atoms with Crippen LogP contribution in [0.4, 0.5) is 5.13 Å². The Morgan fingerprint density at radius 2 is 2.20 bits per heavy atom. The minimum Gasteiger partial charge on any atom is -0.477 e. The van der Waals surface area contributed by atoms with Gasteiger partial charge in [0.1, 0.15) is 36.5 Å². The van der Waals surface area contributed by atoms with Crippen molar-refractivity contribution in [2.75, 3.05) is 25.2 Å². The van der Waals surface area contributed by atoms with Gasteiger partial charge in [0, 0.05) is 23.6 Å². The quantitative estimate of drug-likeness (QED) is 0.208. The number of aliphatic carboxylic acids is 1. The third-order valence-corrected chi connectivity index (χ3v) is 6.16. The number of hydrogen-bond donors (Lipinski definition) is 3. The van der Waals surface area contributed by atoms with Gasteiger partial charge in [0.05, 0.1) is 0 Å². The molecule has 160 valence electrons. The minimum atomic E-state index is -1.32. The van der Waals surface area contributed by atoms with Crippen LogP contribution in [0.1, 0.15) is 12.6 Å². The fourth-order valence-corrected chi connectivity index (χ4v) is 4.76. The highest BCUT2D eigenvalue weighted by atomic mass is 32.2. The maximum Gasteiger partial charge on any atom is 0.352 e. The maximum absolute atomic E-state index is 12.7. The molecule has 2 amide bonds. The molecule has 1 fully saturated rings. The second-order valence-corrected chi connectivity index (χ2v) is 8.09. The zero-order valence-electron chi connectivity index (χ0n) is 15.8. The summed E-state index contributed by atoms with van der Waals surface area (Å²) in [4.78, 5) is 57.8. The SMILES string of the molecule is CON=C(C(=O)N[C@H]1C(=O)N2C(C(=O)O)=C(COC(C)=O)CSC12)c1csc(N)n1. The molecule has 2 atom stereocenters. The third kappa shape index (κ3) is 4.09. The number of amides is 2. The summed E-state index contributed by atoms with van der Waals surface area (Å²) in [5.41, 5.74) is 5.67. The van der Waals surface area contributed by atoms with E-state index in [0.717, 1.165) is 16.2 Å². The highest BCUT2D eigenvalue weighted by molar-refractivity contribution is 8.00. The van der Waals surface area contributed by atoms with Crippen molar-refractivity contribution >= 4 is 57.7 Å². The second kappa shape index (κ2) is 8.71. The lowest BCUT2D eigenvalue weighted by Gasteiger charge is -2.49. The van der Waals surface area contributed by atoms with Gasteiger partial charge in [0.15, 0.2) is 10.8 Å². The van der Waals surface area contributed by atoms with Crippen LogP contribution in [0.3, 0.4) is 0 Å². The molecule has 3 heterocycles. The van der Waals surface area contributed by atoms with Crippen LogP contribution in [0, 0.1) is 0 Å². The molecule has 2 aliphatic heterocycles. The van der Waals surface area contributed by atoms with E-state index >= 15 is 0 Å². The molecule has 12 nitrogen and oxygen atoms in total.